The molecule has 1 aromatic carbocycles. The van der Waals surface area contributed by atoms with Crippen LogP contribution in [0.5, 0.6) is 0 Å². The van der Waals surface area contributed by atoms with E-state index < -0.39 is 36.0 Å². The maximum Gasteiger partial charge on any atom is 0.320 e. The van der Waals surface area contributed by atoms with Crippen molar-refractivity contribution < 1.29 is 39.6 Å². The van der Waals surface area contributed by atoms with Gasteiger partial charge in [-0.25, -0.2) is 0 Å². The van der Waals surface area contributed by atoms with Crippen LogP contribution < -0.4 is 22.9 Å². The summed E-state index contributed by atoms with van der Waals surface area (Å²) in [5.41, 5.74) is 20.3. The van der Waals surface area contributed by atoms with Gasteiger partial charge in [-0.2, -0.15) is 0 Å². The predicted molar refractivity (Wildman–Crippen MR) is 100 cm³/mol. The van der Waals surface area contributed by atoms with E-state index in [1.807, 2.05) is 30.3 Å². The summed E-state index contributed by atoms with van der Waals surface area (Å²) < 4.78 is 0. The monoisotopic (exact) mass is 404 g/mol. The first-order valence-corrected chi connectivity index (χ1v) is 7.73. The van der Waals surface area contributed by atoms with Gasteiger partial charge in [0.2, 0.25) is 0 Å². The fourth-order valence-corrected chi connectivity index (χ4v) is 0.955. The number of aliphatic carboxylic acids is 4. The van der Waals surface area contributed by atoms with Gasteiger partial charge in [-0.1, -0.05) is 30.3 Å². The van der Waals surface area contributed by atoms with Gasteiger partial charge in [-0.15, -0.1) is 0 Å². The summed E-state index contributed by atoms with van der Waals surface area (Å²) in [5, 5.41) is 31.6. The first kappa shape index (κ1) is 29.7. The van der Waals surface area contributed by atoms with Gasteiger partial charge in [0.05, 0.1) is 13.1 Å². The molecule has 1 rings (SSSR count). The summed E-state index contributed by atoms with van der Waals surface area (Å²) in [5.74, 6) is -3.86. The van der Waals surface area contributed by atoms with Crippen molar-refractivity contribution in [3.8, 4) is 0 Å². The molecule has 12 N–H and O–H groups in total. The average Bonchev–Trinajstić information content (AvgIpc) is 2.63. The van der Waals surface area contributed by atoms with E-state index in [0.29, 0.717) is 6.42 Å². The number of carboxylic acid groups (broad SMARTS) is 4. The van der Waals surface area contributed by atoms with Crippen LogP contribution in [0.25, 0.3) is 0 Å². The Hall–Kier alpha value is -3.06. The van der Waals surface area contributed by atoms with E-state index >= 15 is 0 Å². The van der Waals surface area contributed by atoms with Crippen LogP contribution in [0.2, 0.25) is 0 Å². The van der Waals surface area contributed by atoms with Crippen LogP contribution in [0.3, 0.4) is 0 Å². The summed E-state index contributed by atoms with van der Waals surface area (Å²) in [7, 11) is 0. The van der Waals surface area contributed by atoms with Gasteiger partial charge in [-0.3, -0.25) is 19.2 Å². The Morgan fingerprint density at radius 3 is 1.36 bits per heavy atom. The Bertz CT molecular complexity index is 567. The van der Waals surface area contributed by atoms with E-state index in [0.717, 1.165) is 5.56 Å². The lowest BCUT2D eigenvalue weighted by Crippen LogP contribution is -2.32. The highest BCUT2D eigenvalue weighted by atomic mass is 16.4. The second kappa shape index (κ2) is 18.7. The molecule has 0 heterocycles. The van der Waals surface area contributed by atoms with Gasteiger partial charge in [0.25, 0.3) is 0 Å². The van der Waals surface area contributed by atoms with Crippen LogP contribution in [-0.4, -0.2) is 69.5 Å². The number of hydrogen-bond donors (Lipinski definition) is 8. The lowest BCUT2D eigenvalue weighted by atomic mass is 10.1. The van der Waals surface area contributed by atoms with Crippen molar-refractivity contribution in [1.29, 1.82) is 0 Å². The first-order chi connectivity index (χ1) is 12.9. The molecule has 2 atom stereocenters. The average molecular weight is 404 g/mol. The van der Waals surface area contributed by atoms with Crippen LogP contribution in [-0.2, 0) is 25.6 Å². The fraction of sp³-hybridized carbons (Fsp3) is 0.375. The van der Waals surface area contributed by atoms with Crippen LogP contribution in [0.4, 0.5) is 0 Å². The molecule has 0 spiro atoms. The number of nitrogens with two attached hydrogens (primary N) is 4. The standard InChI is InChI=1S/C9H11NO2.C3H7NO2.2C2H5NO2/c10-8(9(11)12)6-7-4-2-1-3-5-7;1-2(4)3(5)6;2*3-1-2(4)5/h1-5,8H,6,10H2,(H,11,12);2H,4H2,1H3,(H,5,6);2*1,3H2,(H,4,5). The molecule has 0 aliphatic heterocycles. The smallest absolute Gasteiger partial charge is 0.320 e. The lowest BCUT2D eigenvalue weighted by molar-refractivity contribution is -0.139. The highest BCUT2D eigenvalue weighted by Crippen LogP contribution is 2.01. The van der Waals surface area contributed by atoms with Crippen molar-refractivity contribution in [3.05, 3.63) is 35.9 Å². The Morgan fingerprint density at radius 2 is 1.14 bits per heavy atom. The molecule has 1 aromatic rings. The quantitative estimate of drug-likeness (QED) is 0.259. The normalized spacial score (nSPS) is 10.9. The zero-order chi connectivity index (χ0) is 22.7. The van der Waals surface area contributed by atoms with Crippen LogP contribution in [0.1, 0.15) is 12.5 Å². The molecule has 12 nitrogen and oxygen atoms in total. The van der Waals surface area contributed by atoms with Crippen molar-refractivity contribution in [1.82, 2.24) is 0 Å². The molecular formula is C16H28N4O8. The van der Waals surface area contributed by atoms with E-state index in [2.05, 4.69) is 11.5 Å². The first-order valence-electron chi connectivity index (χ1n) is 7.73. The SMILES string of the molecule is CC(N)C(=O)O.NC(Cc1ccccc1)C(=O)O.NCC(=O)O.NCC(=O)O. The molecule has 0 aliphatic rings. The molecule has 0 fully saturated rings. The van der Waals surface area contributed by atoms with E-state index in [1.165, 1.54) is 6.92 Å². The number of hydrogen-bond acceptors (Lipinski definition) is 8. The molecule has 160 valence electrons. The third-order valence-corrected chi connectivity index (χ3v) is 2.35. The number of benzene rings is 1. The third-order valence-electron chi connectivity index (χ3n) is 2.35. The van der Waals surface area contributed by atoms with Crippen molar-refractivity contribution in [3.63, 3.8) is 0 Å². The third kappa shape index (κ3) is 25.2. The highest BCUT2D eigenvalue weighted by Gasteiger charge is 2.10. The van der Waals surface area contributed by atoms with E-state index in [1.54, 1.807) is 0 Å². The highest BCUT2D eigenvalue weighted by molar-refractivity contribution is 5.73. The summed E-state index contributed by atoms with van der Waals surface area (Å²) in [6.45, 7) is 0.863. The summed E-state index contributed by atoms with van der Waals surface area (Å²) in [6, 6.07) is 7.81. The number of rotatable bonds is 6. The van der Waals surface area contributed by atoms with Gasteiger partial charge >= 0.3 is 23.9 Å². The molecule has 0 saturated heterocycles. The van der Waals surface area contributed by atoms with Crippen molar-refractivity contribution in [2.24, 2.45) is 22.9 Å². The van der Waals surface area contributed by atoms with E-state index in [9.17, 15) is 19.2 Å². The van der Waals surface area contributed by atoms with Gasteiger partial charge in [-0.05, 0) is 18.9 Å². The molecule has 0 radical (unpaired) electrons. The molecule has 28 heavy (non-hydrogen) atoms. The van der Waals surface area contributed by atoms with Crippen molar-refractivity contribution >= 4 is 23.9 Å². The van der Waals surface area contributed by atoms with Crippen LogP contribution in [0, 0.1) is 0 Å². The Balaban J connectivity index is -0.000000331. The minimum atomic E-state index is -0.968. The summed E-state index contributed by atoms with van der Waals surface area (Å²) in [6.07, 6.45) is 0.385. The van der Waals surface area contributed by atoms with Crippen LogP contribution in [0.15, 0.2) is 30.3 Å². The van der Waals surface area contributed by atoms with Gasteiger partial charge in [0.1, 0.15) is 12.1 Å². The number of carbonyl (C=O) groups is 4. The maximum atomic E-state index is 10.4. The second-order valence-electron chi connectivity index (χ2n) is 4.96. The Kier molecular flexibility index (Phi) is 19.9. The molecule has 0 aliphatic carbocycles. The minimum absolute atomic E-state index is 0.278. The predicted octanol–water partition coefficient (Wildman–Crippen LogP) is -1.88. The number of carboxylic acids is 4. The fourth-order valence-electron chi connectivity index (χ4n) is 0.955. The zero-order valence-electron chi connectivity index (χ0n) is 15.4. The van der Waals surface area contributed by atoms with E-state index in [4.69, 9.17) is 31.9 Å². The van der Waals surface area contributed by atoms with Crippen molar-refractivity contribution in [2.75, 3.05) is 13.1 Å². The molecule has 0 saturated carbocycles. The van der Waals surface area contributed by atoms with Gasteiger partial charge in [0.15, 0.2) is 0 Å². The molecule has 2 unspecified atom stereocenters. The second-order valence-corrected chi connectivity index (χ2v) is 4.96. The maximum absolute atomic E-state index is 10.4. The molecule has 0 bridgehead atoms. The summed E-state index contributed by atoms with van der Waals surface area (Å²) in [4.78, 5) is 38.4. The molecule has 0 amide bonds. The largest absolute Gasteiger partial charge is 0.480 e. The van der Waals surface area contributed by atoms with Crippen molar-refractivity contribution in [2.45, 2.75) is 25.4 Å². The van der Waals surface area contributed by atoms with Gasteiger partial charge in [0, 0.05) is 0 Å². The van der Waals surface area contributed by atoms with Crippen LogP contribution >= 0.6 is 0 Å². The minimum Gasteiger partial charge on any atom is -0.480 e. The molecule has 0 aromatic heterocycles. The molecular weight excluding hydrogens is 376 g/mol. The lowest BCUT2D eigenvalue weighted by Gasteiger charge is -2.04. The molecule has 12 heteroatoms. The Morgan fingerprint density at radius 1 is 0.821 bits per heavy atom. The zero-order valence-corrected chi connectivity index (χ0v) is 15.4. The summed E-state index contributed by atoms with van der Waals surface area (Å²) >= 11 is 0. The topological polar surface area (TPSA) is 253 Å². The van der Waals surface area contributed by atoms with Gasteiger partial charge < -0.3 is 43.4 Å². The van der Waals surface area contributed by atoms with E-state index in [-0.39, 0.29) is 13.1 Å². The Labute approximate surface area is 161 Å².